The zero-order valence-corrected chi connectivity index (χ0v) is 15.6. The number of methoxy groups -OCH3 is 1. The molecule has 2 aromatic rings. The minimum absolute atomic E-state index is 0.0164. The second-order valence-electron chi connectivity index (χ2n) is 6.23. The van der Waals surface area contributed by atoms with E-state index in [9.17, 15) is 13.2 Å². The minimum Gasteiger partial charge on any atom is -0.497 e. The molecule has 2 heterocycles. The van der Waals surface area contributed by atoms with Crippen LogP contribution in [0.5, 0.6) is 5.75 Å². The fourth-order valence-corrected chi connectivity index (χ4v) is 3.93. The highest BCUT2D eigenvalue weighted by Gasteiger charge is 2.26. The molecule has 1 aliphatic rings. The molecule has 0 saturated carbocycles. The highest BCUT2D eigenvalue weighted by Crippen LogP contribution is 2.18. The van der Waals surface area contributed by atoms with E-state index in [2.05, 4.69) is 10.4 Å². The van der Waals surface area contributed by atoms with Crippen LogP contribution >= 0.6 is 0 Å². The van der Waals surface area contributed by atoms with Crippen LogP contribution in [0.2, 0.25) is 0 Å². The summed E-state index contributed by atoms with van der Waals surface area (Å²) < 4.78 is 29.9. The summed E-state index contributed by atoms with van der Waals surface area (Å²) in [5, 5.41) is 7.23. The zero-order valence-electron chi connectivity index (χ0n) is 14.8. The number of ether oxygens (including phenoxy) is 1. The first kappa shape index (κ1) is 18.2. The maximum Gasteiger partial charge on any atom is 0.317 e. The largest absolute Gasteiger partial charge is 0.497 e. The lowest BCUT2D eigenvalue weighted by atomic mass is 10.2. The summed E-state index contributed by atoms with van der Waals surface area (Å²) in [5.41, 5.74) is 1.71. The first-order chi connectivity index (χ1) is 12.4. The van der Waals surface area contributed by atoms with Crippen molar-refractivity contribution in [1.29, 1.82) is 0 Å². The van der Waals surface area contributed by atoms with E-state index in [1.54, 1.807) is 18.0 Å². The Kier molecular flexibility index (Phi) is 5.17. The van der Waals surface area contributed by atoms with Gasteiger partial charge in [-0.25, -0.2) is 17.9 Å². The van der Waals surface area contributed by atoms with Crippen molar-refractivity contribution < 1.29 is 17.9 Å². The van der Waals surface area contributed by atoms with Gasteiger partial charge in [-0.3, -0.25) is 0 Å². The maximum atomic E-state index is 12.3. The van der Waals surface area contributed by atoms with Gasteiger partial charge in [0.25, 0.3) is 0 Å². The number of amides is 2. The first-order valence-corrected chi connectivity index (χ1v) is 10.1. The lowest BCUT2D eigenvalue weighted by molar-refractivity contribution is 0.199. The second kappa shape index (κ2) is 7.36. The monoisotopic (exact) mass is 378 g/mol. The van der Waals surface area contributed by atoms with Crippen LogP contribution in [0.15, 0.2) is 36.7 Å². The van der Waals surface area contributed by atoms with E-state index in [1.165, 1.54) is 4.90 Å². The predicted molar refractivity (Wildman–Crippen MR) is 97.3 cm³/mol. The maximum absolute atomic E-state index is 12.3. The third kappa shape index (κ3) is 4.16. The molecule has 0 spiro atoms. The molecule has 1 fully saturated rings. The summed E-state index contributed by atoms with van der Waals surface area (Å²) in [7, 11) is -1.40. The first-order valence-electron chi connectivity index (χ1n) is 8.33. The number of nitrogens with zero attached hydrogens (tertiary/aromatic N) is 3. The van der Waals surface area contributed by atoms with Gasteiger partial charge in [0, 0.05) is 30.9 Å². The van der Waals surface area contributed by atoms with Crippen LogP contribution in [0, 0.1) is 0 Å². The van der Waals surface area contributed by atoms with Gasteiger partial charge in [0.05, 0.1) is 36.5 Å². The molecular weight excluding hydrogens is 356 g/mol. The van der Waals surface area contributed by atoms with Gasteiger partial charge >= 0.3 is 6.03 Å². The molecule has 1 aromatic carbocycles. The quantitative estimate of drug-likeness (QED) is 0.868. The molecule has 140 valence electrons. The Morgan fingerprint density at radius 2 is 2.04 bits per heavy atom. The highest BCUT2D eigenvalue weighted by molar-refractivity contribution is 7.91. The number of carbonyl (C=O) groups excluding carboxylic acids is 1. The fourth-order valence-electron chi connectivity index (χ4n) is 2.73. The molecule has 26 heavy (non-hydrogen) atoms. The zero-order chi connectivity index (χ0) is 18.7. The van der Waals surface area contributed by atoms with E-state index < -0.39 is 9.84 Å². The number of hydrogen-bond acceptors (Lipinski definition) is 5. The number of nitrogens with one attached hydrogen (secondary N) is 1. The third-order valence-electron chi connectivity index (χ3n) is 4.39. The van der Waals surface area contributed by atoms with Crippen LogP contribution in [-0.2, 0) is 9.84 Å². The number of rotatable bonds is 4. The van der Waals surface area contributed by atoms with Crippen LogP contribution in [-0.4, -0.2) is 60.8 Å². The normalized spacial score (nSPS) is 17.5. The summed E-state index contributed by atoms with van der Waals surface area (Å²) in [5.74, 6) is 0.770. The Morgan fingerprint density at radius 3 is 2.73 bits per heavy atom. The Morgan fingerprint density at radius 1 is 1.31 bits per heavy atom. The molecule has 0 aliphatic carbocycles. The molecule has 1 N–H and O–H groups in total. The lowest BCUT2D eigenvalue weighted by Crippen LogP contribution is -2.48. The van der Waals surface area contributed by atoms with Crippen molar-refractivity contribution in [1.82, 2.24) is 20.0 Å². The standard InChI is InChI=1S/C17H22N4O4S/c1-13(19-17(22)20-6-8-26(23,24)9-7-20)14-11-18-21(12-14)15-4-3-5-16(10-15)25-2/h3-5,10-13H,6-9H2,1-2H3,(H,19,22)/t13-/m0/s1. The van der Waals surface area contributed by atoms with Gasteiger partial charge < -0.3 is 15.0 Å². The SMILES string of the molecule is COc1cccc(-n2cc([C@H](C)NC(=O)N3CCS(=O)(=O)CC3)cn2)c1. The van der Waals surface area contributed by atoms with E-state index in [0.29, 0.717) is 0 Å². The van der Waals surface area contributed by atoms with Gasteiger partial charge in [-0.1, -0.05) is 6.07 Å². The summed E-state index contributed by atoms with van der Waals surface area (Å²) in [4.78, 5) is 13.9. The van der Waals surface area contributed by atoms with Crippen molar-refractivity contribution >= 4 is 15.9 Å². The molecule has 2 amide bonds. The summed E-state index contributed by atoms with van der Waals surface area (Å²) in [6, 6.07) is 7.01. The number of hydrogen-bond donors (Lipinski definition) is 1. The summed E-state index contributed by atoms with van der Waals surface area (Å²) in [6.45, 7) is 2.32. The Labute approximate surface area is 152 Å². The van der Waals surface area contributed by atoms with Crippen molar-refractivity contribution in [2.45, 2.75) is 13.0 Å². The van der Waals surface area contributed by atoms with Crippen molar-refractivity contribution in [3.8, 4) is 11.4 Å². The molecule has 1 saturated heterocycles. The van der Waals surface area contributed by atoms with Crippen LogP contribution < -0.4 is 10.1 Å². The van der Waals surface area contributed by atoms with Gasteiger partial charge in [0.2, 0.25) is 0 Å². The van der Waals surface area contributed by atoms with Gasteiger partial charge in [0.15, 0.2) is 9.84 Å². The highest BCUT2D eigenvalue weighted by atomic mass is 32.2. The van der Waals surface area contributed by atoms with Crippen molar-refractivity contribution in [2.75, 3.05) is 31.7 Å². The van der Waals surface area contributed by atoms with Gasteiger partial charge in [0.1, 0.15) is 5.75 Å². The molecule has 0 radical (unpaired) electrons. The topological polar surface area (TPSA) is 93.5 Å². The number of sulfone groups is 1. The second-order valence-corrected chi connectivity index (χ2v) is 8.53. The Balaban J connectivity index is 1.64. The van der Waals surface area contributed by atoms with Gasteiger partial charge in [-0.15, -0.1) is 0 Å². The molecule has 3 rings (SSSR count). The Hall–Kier alpha value is -2.55. The minimum atomic E-state index is -3.01. The average Bonchev–Trinajstić information content (AvgIpc) is 3.12. The number of urea groups is 1. The fraction of sp³-hybridized carbons (Fsp3) is 0.412. The summed E-state index contributed by atoms with van der Waals surface area (Å²) >= 11 is 0. The van der Waals surface area contributed by atoms with Crippen LogP contribution in [0.1, 0.15) is 18.5 Å². The summed E-state index contributed by atoms with van der Waals surface area (Å²) in [6.07, 6.45) is 3.55. The lowest BCUT2D eigenvalue weighted by Gasteiger charge is -2.28. The Bertz CT molecular complexity index is 880. The number of aromatic nitrogens is 2. The molecule has 0 bridgehead atoms. The van der Waals surface area contributed by atoms with Crippen LogP contribution in [0.4, 0.5) is 4.79 Å². The molecule has 0 unspecified atom stereocenters. The predicted octanol–water partition coefficient (Wildman–Crippen LogP) is 1.38. The third-order valence-corrected chi connectivity index (χ3v) is 6.00. The molecule has 1 aromatic heterocycles. The van der Waals surface area contributed by atoms with E-state index in [1.807, 2.05) is 37.4 Å². The molecular formula is C17H22N4O4S. The molecule has 9 heteroatoms. The van der Waals surface area contributed by atoms with Crippen LogP contribution in [0.3, 0.4) is 0 Å². The van der Waals surface area contributed by atoms with Crippen molar-refractivity contribution in [2.24, 2.45) is 0 Å². The molecule has 1 atom stereocenters. The number of benzene rings is 1. The van der Waals surface area contributed by atoms with Gasteiger partial charge in [-0.2, -0.15) is 5.10 Å². The van der Waals surface area contributed by atoms with Crippen molar-refractivity contribution in [3.05, 3.63) is 42.2 Å². The van der Waals surface area contributed by atoms with E-state index in [0.717, 1.165) is 17.0 Å². The molecule has 1 aliphatic heterocycles. The molecule has 8 nitrogen and oxygen atoms in total. The van der Waals surface area contributed by atoms with E-state index >= 15 is 0 Å². The number of carbonyl (C=O) groups is 1. The smallest absolute Gasteiger partial charge is 0.317 e. The van der Waals surface area contributed by atoms with Gasteiger partial charge in [-0.05, 0) is 19.1 Å². The van der Waals surface area contributed by atoms with Crippen LogP contribution in [0.25, 0.3) is 5.69 Å². The van der Waals surface area contributed by atoms with E-state index in [4.69, 9.17) is 4.74 Å². The van der Waals surface area contributed by atoms with Crippen molar-refractivity contribution in [3.63, 3.8) is 0 Å². The average molecular weight is 378 g/mol. The van der Waals surface area contributed by atoms with E-state index in [-0.39, 0.29) is 36.7 Å².